The van der Waals surface area contributed by atoms with Crippen LogP contribution in [0.5, 0.6) is 0 Å². The van der Waals surface area contributed by atoms with Crippen LogP contribution in [0, 0.1) is 0 Å². The lowest BCUT2D eigenvalue weighted by molar-refractivity contribution is -0.132. The Morgan fingerprint density at radius 1 is 1.16 bits per heavy atom. The second kappa shape index (κ2) is 10.7. The number of carbonyl (C=O) groups is 2. The van der Waals surface area contributed by atoms with Crippen molar-refractivity contribution in [2.75, 3.05) is 33.2 Å². The van der Waals surface area contributed by atoms with E-state index in [0.717, 1.165) is 25.9 Å². The summed E-state index contributed by atoms with van der Waals surface area (Å²) in [4.78, 5) is 39.5. The normalized spacial score (nSPS) is 18.0. The molecule has 2 aromatic heterocycles. The number of carbonyl (C=O) groups excluding carboxylic acids is 2. The summed E-state index contributed by atoms with van der Waals surface area (Å²) in [5.41, 5.74) is 0.618. The molecule has 0 aromatic carbocycles. The Morgan fingerprint density at radius 2 is 1.94 bits per heavy atom. The van der Waals surface area contributed by atoms with Crippen molar-refractivity contribution in [1.29, 1.82) is 0 Å². The molecule has 2 amide bonds. The Kier molecular flexibility index (Phi) is 7.47. The second-order valence-electron chi connectivity index (χ2n) is 8.71. The van der Waals surface area contributed by atoms with Crippen LogP contribution in [0.25, 0.3) is 0 Å². The number of hydrogen-bond donors (Lipinski definition) is 0. The highest BCUT2D eigenvalue weighted by Gasteiger charge is 2.24. The van der Waals surface area contributed by atoms with Gasteiger partial charge in [0.25, 0.3) is 5.91 Å². The van der Waals surface area contributed by atoms with Gasteiger partial charge in [0, 0.05) is 64.5 Å². The van der Waals surface area contributed by atoms with Gasteiger partial charge in [0.15, 0.2) is 5.82 Å². The van der Waals surface area contributed by atoms with Crippen LogP contribution >= 0.6 is 0 Å². The van der Waals surface area contributed by atoms with Gasteiger partial charge in [-0.3, -0.25) is 19.5 Å². The summed E-state index contributed by atoms with van der Waals surface area (Å²) in [6.45, 7) is 3.39. The summed E-state index contributed by atoms with van der Waals surface area (Å²) in [7, 11) is 1.91. The summed E-state index contributed by atoms with van der Waals surface area (Å²) in [6.07, 6.45) is 10.0. The predicted octanol–water partition coefficient (Wildman–Crippen LogP) is 2.15. The number of aromatic nitrogens is 3. The first-order chi connectivity index (χ1) is 15.6. The average Bonchev–Trinajstić information content (AvgIpc) is 3.30. The van der Waals surface area contributed by atoms with Gasteiger partial charge in [0.2, 0.25) is 11.8 Å². The van der Waals surface area contributed by atoms with Gasteiger partial charge in [-0.25, -0.2) is 0 Å². The van der Waals surface area contributed by atoms with Crippen molar-refractivity contribution in [1.82, 2.24) is 29.8 Å². The van der Waals surface area contributed by atoms with Gasteiger partial charge < -0.3 is 14.3 Å². The number of nitrogens with zero attached hydrogens (tertiary/aromatic N) is 6. The van der Waals surface area contributed by atoms with E-state index in [0.29, 0.717) is 55.8 Å². The van der Waals surface area contributed by atoms with Gasteiger partial charge in [-0.05, 0) is 25.0 Å². The molecule has 1 saturated heterocycles. The maximum Gasteiger partial charge on any atom is 0.255 e. The van der Waals surface area contributed by atoms with Crippen molar-refractivity contribution in [3.05, 3.63) is 41.8 Å². The molecule has 0 unspecified atom stereocenters. The first-order valence-corrected chi connectivity index (χ1v) is 11.6. The lowest BCUT2D eigenvalue weighted by Gasteiger charge is -2.34. The smallest absolute Gasteiger partial charge is 0.255 e. The predicted molar refractivity (Wildman–Crippen MR) is 118 cm³/mol. The maximum atomic E-state index is 12.5. The molecule has 32 heavy (non-hydrogen) atoms. The highest BCUT2D eigenvalue weighted by molar-refractivity contribution is 5.93. The molecule has 172 valence electrons. The van der Waals surface area contributed by atoms with Crippen LogP contribution in [0.1, 0.15) is 60.6 Å². The summed E-state index contributed by atoms with van der Waals surface area (Å²) in [6, 6.07) is 3.94. The van der Waals surface area contributed by atoms with E-state index in [2.05, 4.69) is 20.0 Å². The molecular weight excluding hydrogens is 408 g/mol. The fourth-order valence-electron chi connectivity index (χ4n) is 4.50. The fraction of sp³-hybridized carbons (Fsp3) is 0.609. The minimum absolute atomic E-state index is 0.0162. The van der Waals surface area contributed by atoms with Gasteiger partial charge in [-0.1, -0.05) is 24.4 Å². The van der Waals surface area contributed by atoms with Crippen LogP contribution in [0.3, 0.4) is 0 Å². The van der Waals surface area contributed by atoms with Gasteiger partial charge in [0.05, 0.1) is 12.1 Å². The molecule has 1 aliphatic carbocycles. The number of aryl methyl sites for hydroxylation is 1. The number of hydrogen-bond acceptors (Lipinski definition) is 7. The third-order valence-corrected chi connectivity index (χ3v) is 6.51. The first kappa shape index (κ1) is 22.4. The van der Waals surface area contributed by atoms with E-state index in [4.69, 9.17) is 4.52 Å². The molecule has 1 saturated carbocycles. The van der Waals surface area contributed by atoms with E-state index in [1.807, 2.05) is 16.8 Å². The van der Waals surface area contributed by atoms with Crippen molar-refractivity contribution in [3.63, 3.8) is 0 Å². The van der Waals surface area contributed by atoms with Crippen molar-refractivity contribution in [3.8, 4) is 0 Å². The van der Waals surface area contributed by atoms with E-state index < -0.39 is 0 Å². The van der Waals surface area contributed by atoms with Crippen molar-refractivity contribution >= 4 is 11.8 Å². The summed E-state index contributed by atoms with van der Waals surface area (Å²) in [5, 5.41) is 4.08. The average molecular weight is 441 g/mol. The zero-order valence-corrected chi connectivity index (χ0v) is 18.8. The van der Waals surface area contributed by atoms with Crippen LogP contribution in [-0.4, -0.2) is 80.9 Å². The largest absolute Gasteiger partial charge is 0.343 e. The molecule has 9 heteroatoms. The third kappa shape index (κ3) is 5.70. The topological polar surface area (TPSA) is 95.7 Å². The molecule has 1 aliphatic heterocycles. The van der Waals surface area contributed by atoms with Crippen molar-refractivity contribution in [2.24, 2.45) is 0 Å². The number of amides is 2. The van der Waals surface area contributed by atoms with Crippen LogP contribution in [-0.2, 0) is 17.8 Å². The second-order valence-corrected chi connectivity index (χ2v) is 8.71. The Hall–Kier alpha value is -2.81. The minimum Gasteiger partial charge on any atom is -0.343 e. The zero-order valence-electron chi connectivity index (χ0n) is 18.8. The van der Waals surface area contributed by atoms with E-state index >= 15 is 0 Å². The van der Waals surface area contributed by atoms with Crippen molar-refractivity contribution < 1.29 is 14.1 Å². The summed E-state index contributed by atoms with van der Waals surface area (Å²) < 4.78 is 5.37. The Morgan fingerprint density at radius 3 is 2.66 bits per heavy atom. The molecule has 9 nitrogen and oxygen atoms in total. The Balaban J connectivity index is 1.20. The molecule has 0 N–H and O–H groups in total. The highest BCUT2D eigenvalue weighted by atomic mass is 16.5. The van der Waals surface area contributed by atoms with E-state index in [1.54, 1.807) is 24.5 Å². The van der Waals surface area contributed by atoms with Crippen LogP contribution in [0.4, 0.5) is 0 Å². The highest BCUT2D eigenvalue weighted by Crippen LogP contribution is 2.22. The van der Waals surface area contributed by atoms with Gasteiger partial charge in [-0.2, -0.15) is 4.98 Å². The number of rotatable bonds is 7. The monoisotopic (exact) mass is 440 g/mol. The fourth-order valence-corrected chi connectivity index (χ4v) is 4.50. The molecule has 0 radical (unpaired) electrons. The zero-order chi connectivity index (χ0) is 22.3. The summed E-state index contributed by atoms with van der Waals surface area (Å²) >= 11 is 0. The van der Waals surface area contributed by atoms with Crippen LogP contribution in [0.2, 0.25) is 0 Å². The molecule has 4 rings (SSSR count). The molecular formula is C23H32N6O3. The van der Waals surface area contributed by atoms with Gasteiger partial charge in [0.1, 0.15) is 0 Å². The van der Waals surface area contributed by atoms with Gasteiger partial charge in [-0.15, -0.1) is 0 Å². The molecule has 2 aliphatic rings. The standard InChI is InChI=1S/C23H32N6O3/c1-27(19-7-3-2-4-8-19)22(30)10-9-21-25-20(26-32-21)17-28-12-14-29(15-13-28)23(31)18-6-5-11-24-16-18/h5-6,11,16,19H,2-4,7-10,12-15,17H2,1H3. The Bertz CT molecular complexity index is 888. The van der Waals surface area contributed by atoms with Crippen LogP contribution in [0.15, 0.2) is 29.0 Å². The van der Waals surface area contributed by atoms with Crippen molar-refractivity contribution in [2.45, 2.75) is 57.5 Å². The van der Waals surface area contributed by atoms with E-state index in [9.17, 15) is 9.59 Å². The molecule has 3 heterocycles. The molecule has 2 aromatic rings. The SMILES string of the molecule is CN(C(=O)CCc1nc(CN2CCN(C(=O)c3cccnc3)CC2)no1)C1CCCCC1. The molecule has 0 atom stereocenters. The first-order valence-electron chi connectivity index (χ1n) is 11.6. The molecule has 0 spiro atoms. The van der Waals surface area contributed by atoms with Gasteiger partial charge >= 0.3 is 0 Å². The third-order valence-electron chi connectivity index (χ3n) is 6.51. The van der Waals surface area contributed by atoms with E-state index in [-0.39, 0.29) is 11.8 Å². The Labute approximate surface area is 188 Å². The molecule has 0 bridgehead atoms. The quantitative estimate of drug-likeness (QED) is 0.651. The lowest BCUT2D eigenvalue weighted by Crippen LogP contribution is -2.48. The van der Waals surface area contributed by atoms with Crippen LogP contribution < -0.4 is 0 Å². The summed E-state index contributed by atoms with van der Waals surface area (Å²) in [5.74, 6) is 1.30. The maximum absolute atomic E-state index is 12.5. The van der Waals surface area contributed by atoms with E-state index in [1.165, 1.54) is 19.3 Å². The molecule has 2 fully saturated rings. The number of pyridine rings is 1. The minimum atomic E-state index is 0.0162. The number of piperazine rings is 1. The lowest BCUT2D eigenvalue weighted by atomic mass is 9.94.